The Bertz CT molecular complexity index is 1990. The molecule has 49 heavy (non-hydrogen) atoms. The van der Waals surface area contributed by atoms with Crippen LogP contribution in [0.25, 0.3) is 11.3 Å². The molecule has 0 radical (unpaired) electrons. The van der Waals surface area contributed by atoms with Gasteiger partial charge in [-0.15, -0.1) is 0 Å². The van der Waals surface area contributed by atoms with Crippen molar-refractivity contribution in [2.45, 2.75) is 32.0 Å². The zero-order chi connectivity index (χ0) is 36.0. The molecule has 2 heterocycles. The van der Waals surface area contributed by atoms with Crippen molar-refractivity contribution >= 4 is 81.4 Å². The number of aliphatic hydroxyl groups is 2. The van der Waals surface area contributed by atoms with Crippen LogP contribution in [0, 0.1) is 6.92 Å². The fourth-order valence-corrected chi connectivity index (χ4v) is 6.77. The number of aromatic nitrogens is 2. The zero-order valence-electron chi connectivity index (χ0n) is 25.6. The molecule has 0 spiro atoms. The molecule has 254 valence electrons. The van der Waals surface area contributed by atoms with Crippen LogP contribution >= 0.6 is 69.6 Å². The number of amides is 2. The summed E-state index contributed by atoms with van der Waals surface area (Å²) in [5.74, 6) is -3.23. The molecule has 2 amide bonds. The number of halogens is 6. The molecule has 2 unspecified atom stereocenters. The highest BCUT2D eigenvalue weighted by Gasteiger charge is 2.29. The van der Waals surface area contributed by atoms with E-state index in [-0.39, 0.29) is 24.1 Å². The molecule has 14 heteroatoms. The molecule has 0 aliphatic carbocycles. The average molecular weight is 781 g/mol. The first-order chi connectivity index (χ1) is 23.3. The summed E-state index contributed by atoms with van der Waals surface area (Å²) in [6.45, 7) is 1.40. The molecular formula is C35H28Cl6N4O4. The van der Waals surface area contributed by atoms with Crippen molar-refractivity contribution in [3.63, 3.8) is 0 Å². The Balaban J connectivity index is 0.000000230. The topological polar surface area (TPSA) is 152 Å². The van der Waals surface area contributed by atoms with Crippen LogP contribution in [-0.2, 0) is 22.8 Å². The lowest BCUT2D eigenvalue weighted by Gasteiger charge is -2.19. The molecule has 3 aromatic carbocycles. The fourth-order valence-electron chi connectivity index (χ4n) is 5.13. The average Bonchev–Trinajstić information content (AvgIpc) is 3.05. The number of nitrogens with two attached hydrogens (primary N) is 2. The van der Waals surface area contributed by atoms with Gasteiger partial charge in [-0.2, -0.15) is 0 Å². The van der Waals surface area contributed by atoms with Gasteiger partial charge in [-0.1, -0.05) is 93.9 Å². The summed E-state index contributed by atoms with van der Waals surface area (Å²) in [6.07, 6.45) is 0. The Morgan fingerprint density at radius 1 is 0.633 bits per heavy atom. The van der Waals surface area contributed by atoms with Gasteiger partial charge in [0.15, 0.2) is 0 Å². The predicted octanol–water partition coefficient (Wildman–Crippen LogP) is 8.28. The molecule has 0 fully saturated rings. The molecule has 0 saturated carbocycles. The lowest BCUT2D eigenvalue weighted by molar-refractivity contribution is -0.119. The van der Waals surface area contributed by atoms with Gasteiger partial charge in [-0.3, -0.25) is 14.6 Å². The summed E-state index contributed by atoms with van der Waals surface area (Å²) in [6, 6.07) is 21.7. The van der Waals surface area contributed by atoms with E-state index in [4.69, 9.17) is 81.1 Å². The van der Waals surface area contributed by atoms with E-state index in [2.05, 4.69) is 9.97 Å². The Morgan fingerprint density at radius 3 is 1.49 bits per heavy atom. The number of benzene rings is 3. The Hall–Kier alpha value is -3.44. The first kappa shape index (κ1) is 38.4. The number of carbonyl (C=O) groups is 2. The van der Waals surface area contributed by atoms with E-state index in [9.17, 15) is 19.8 Å². The highest BCUT2D eigenvalue weighted by atomic mass is 35.5. The summed E-state index contributed by atoms with van der Waals surface area (Å²) < 4.78 is 0. The molecule has 5 aromatic rings. The highest BCUT2D eigenvalue weighted by molar-refractivity contribution is 6.37. The lowest BCUT2D eigenvalue weighted by Crippen LogP contribution is -2.24. The third-order valence-electron chi connectivity index (χ3n) is 7.42. The monoisotopic (exact) mass is 778 g/mol. The number of aliphatic hydroxyl groups excluding tert-OH is 2. The maximum Gasteiger partial charge on any atom is 0.231 e. The molecule has 2 aromatic heterocycles. The van der Waals surface area contributed by atoms with Crippen molar-refractivity contribution in [1.29, 1.82) is 0 Å². The third kappa shape index (κ3) is 9.03. The van der Waals surface area contributed by atoms with Crippen molar-refractivity contribution < 1.29 is 19.8 Å². The van der Waals surface area contributed by atoms with Crippen LogP contribution in [0.2, 0.25) is 30.3 Å². The van der Waals surface area contributed by atoms with Crippen LogP contribution in [0.15, 0.2) is 78.9 Å². The van der Waals surface area contributed by atoms with Gasteiger partial charge in [0, 0.05) is 41.8 Å². The summed E-state index contributed by atoms with van der Waals surface area (Å²) in [7, 11) is 0. The maximum atomic E-state index is 12.4. The van der Waals surface area contributed by atoms with Crippen LogP contribution in [0.3, 0.4) is 0 Å². The number of rotatable bonds is 9. The van der Waals surface area contributed by atoms with Gasteiger partial charge in [0.25, 0.3) is 0 Å². The van der Waals surface area contributed by atoms with Gasteiger partial charge < -0.3 is 21.7 Å². The van der Waals surface area contributed by atoms with Gasteiger partial charge in [0.05, 0.1) is 30.3 Å². The van der Waals surface area contributed by atoms with Crippen LogP contribution in [0.1, 0.15) is 51.0 Å². The van der Waals surface area contributed by atoms with Crippen molar-refractivity contribution in [2.24, 2.45) is 11.5 Å². The first-order valence-corrected chi connectivity index (χ1v) is 16.6. The number of carbonyl (C=O) groups excluding carboxylic acids is 2. The van der Waals surface area contributed by atoms with Gasteiger partial charge in [0.1, 0.15) is 17.0 Å². The van der Waals surface area contributed by atoms with Crippen molar-refractivity contribution in [2.75, 3.05) is 0 Å². The number of primary amides is 2. The second-order valence-corrected chi connectivity index (χ2v) is 13.1. The summed E-state index contributed by atoms with van der Waals surface area (Å²) >= 11 is 37.0. The Morgan fingerprint density at radius 2 is 1.04 bits per heavy atom. The predicted molar refractivity (Wildman–Crippen MR) is 196 cm³/mol. The number of pyridine rings is 2. The third-order valence-corrected chi connectivity index (χ3v) is 9.35. The van der Waals surface area contributed by atoms with Gasteiger partial charge in [-0.25, -0.2) is 4.98 Å². The lowest BCUT2D eigenvalue weighted by atomic mass is 9.92. The van der Waals surface area contributed by atoms with E-state index < -0.39 is 23.7 Å². The number of hydrogen-bond acceptors (Lipinski definition) is 6. The minimum absolute atomic E-state index is 0.144. The quantitative estimate of drug-likeness (QED) is 0.111. The van der Waals surface area contributed by atoms with Crippen LogP contribution in [0.5, 0.6) is 0 Å². The smallest absolute Gasteiger partial charge is 0.231 e. The SMILES string of the molecule is Cc1c(Cl)cccc1-c1cc(CO)cc(C(C(N)=O)c2c(Cl)cccc2Cl)n1.NC(=O)C(c1cc(CO)cc(Cl)n1)c1c(Cl)cccc1Cl. The van der Waals surface area contributed by atoms with Crippen molar-refractivity contribution in [3.8, 4) is 11.3 Å². The van der Waals surface area contributed by atoms with E-state index in [0.717, 1.165) is 11.1 Å². The van der Waals surface area contributed by atoms with E-state index in [1.807, 2.05) is 19.1 Å². The summed E-state index contributed by atoms with van der Waals surface area (Å²) in [4.78, 5) is 33.0. The molecule has 0 aliphatic rings. The molecule has 0 aliphatic heterocycles. The molecule has 8 nitrogen and oxygen atoms in total. The minimum atomic E-state index is -0.967. The largest absolute Gasteiger partial charge is 0.392 e. The number of nitrogens with zero attached hydrogens (tertiary/aromatic N) is 2. The molecule has 0 bridgehead atoms. The standard InChI is InChI=1S/C21H17Cl3N2O2.C14H11Cl3N2O2/c1-11-13(4-2-5-14(11)22)17-8-12(10-27)9-18(26-17)20(21(25)28)19-15(23)6-3-7-16(19)24;15-8-2-1-3-9(16)12(8)13(14(18)21)10-4-7(6-20)5-11(17)19-10/h2-9,20,27H,10H2,1H3,(H2,25,28);1-5,13,20H,6H2,(H2,18,21). The van der Waals surface area contributed by atoms with Crippen LogP contribution in [0.4, 0.5) is 0 Å². The summed E-state index contributed by atoms with van der Waals surface area (Å²) in [5, 5.41) is 20.9. The maximum absolute atomic E-state index is 12.4. The number of hydrogen-bond donors (Lipinski definition) is 4. The van der Waals surface area contributed by atoms with Crippen molar-refractivity contribution in [1.82, 2.24) is 9.97 Å². The van der Waals surface area contributed by atoms with Crippen LogP contribution < -0.4 is 11.5 Å². The molecule has 5 rings (SSSR count). The van der Waals surface area contributed by atoms with E-state index in [1.165, 1.54) is 6.07 Å². The first-order valence-electron chi connectivity index (χ1n) is 14.4. The van der Waals surface area contributed by atoms with Crippen molar-refractivity contribution in [3.05, 3.63) is 148 Å². The molecular weight excluding hydrogens is 753 g/mol. The highest BCUT2D eigenvalue weighted by Crippen LogP contribution is 2.38. The van der Waals surface area contributed by atoms with E-state index >= 15 is 0 Å². The summed E-state index contributed by atoms with van der Waals surface area (Å²) in [5.41, 5.74) is 15.8. The van der Waals surface area contributed by atoms with Gasteiger partial charge in [0.2, 0.25) is 11.8 Å². The minimum Gasteiger partial charge on any atom is -0.392 e. The zero-order valence-corrected chi connectivity index (χ0v) is 30.1. The van der Waals surface area contributed by atoms with E-state index in [0.29, 0.717) is 58.8 Å². The van der Waals surface area contributed by atoms with Gasteiger partial charge in [-0.05, 0) is 78.2 Å². The normalized spacial score (nSPS) is 12.1. The van der Waals surface area contributed by atoms with Gasteiger partial charge >= 0.3 is 0 Å². The van der Waals surface area contributed by atoms with E-state index in [1.54, 1.807) is 60.7 Å². The Labute approximate surface area is 312 Å². The molecule has 2 atom stereocenters. The Kier molecular flexibility index (Phi) is 13.3. The second-order valence-electron chi connectivity index (χ2n) is 10.7. The fraction of sp³-hybridized carbons (Fsp3) is 0.143. The second kappa shape index (κ2) is 17.0. The molecule has 6 N–H and O–H groups in total. The van der Waals surface area contributed by atoms with Crippen LogP contribution in [-0.4, -0.2) is 32.0 Å². The molecule has 0 saturated heterocycles.